The van der Waals surface area contributed by atoms with Crippen molar-refractivity contribution in [1.29, 1.82) is 0 Å². The summed E-state index contributed by atoms with van der Waals surface area (Å²) in [6, 6.07) is 13.9. The van der Waals surface area contributed by atoms with Gasteiger partial charge in [0, 0.05) is 19.5 Å². The quantitative estimate of drug-likeness (QED) is 0.779. The predicted molar refractivity (Wildman–Crippen MR) is 115 cm³/mol. The minimum absolute atomic E-state index is 0.0272. The average molecular weight is 408 g/mol. The fourth-order valence-corrected chi connectivity index (χ4v) is 4.36. The molecule has 2 fully saturated rings. The first-order valence-electron chi connectivity index (χ1n) is 10.4. The van der Waals surface area contributed by atoms with Crippen LogP contribution < -0.4 is 9.64 Å². The highest BCUT2D eigenvalue weighted by molar-refractivity contribution is 6.01. The van der Waals surface area contributed by atoms with Gasteiger partial charge >= 0.3 is 0 Å². The molecule has 0 aliphatic carbocycles. The average Bonchev–Trinajstić information content (AvgIpc) is 3.15. The molecule has 2 atom stereocenters. The van der Waals surface area contributed by atoms with E-state index >= 15 is 0 Å². The van der Waals surface area contributed by atoms with Crippen LogP contribution in [0.3, 0.4) is 0 Å². The van der Waals surface area contributed by atoms with E-state index in [0.717, 1.165) is 22.4 Å². The number of carbonyl (C=O) groups excluding carboxylic acids is 2. The molecular formula is C24H28N2O4. The zero-order chi connectivity index (χ0) is 21.3. The van der Waals surface area contributed by atoms with Gasteiger partial charge in [-0.1, -0.05) is 30.3 Å². The lowest BCUT2D eigenvalue weighted by Crippen LogP contribution is -2.45. The molecule has 2 aliphatic heterocycles. The number of methoxy groups -OCH3 is 1. The highest BCUT2D eigenvalue weighted by Gasteiger charge is 2.39. The van der Waals surface area contributed by atoms with Crippen LogP contribution >= 0.6 is 0 Å². The Kier molecular flexibility index (Phi) is 5.77. The van der Waals surface area contributed by atoms with E-state index in [1.54, 1.807) is 12.0 Å². The molecule has 2 heterocycles. The van der Waals surface area contributed by atoms with Gasteiger partial charge in [-0.3, -0.25) is 9.59 Å². The largest absolute Gasteiger partial charge is 0.495 e. The summed E-state index contributed by atoms with van der Waals surface area (Å²) in [5, 5.41) is 0. The van der Waals surface area contributed by atoms with Crippen molar-refractivity contribution in [3.63, 3.8) is 0 Å². The van der Waals surface area contributed by atoms with Crippen LogP contribution in [0.25, 0.3) is 0 Å². The number of nitrogens with zero attached hydrogens (tertiary/aromatic N) is 2. The first kappa shape index (κ1) is 20.4. The van der Waals surface area contributed by atoms with Gasteiger partial charge < -0.3 is 19.3 Å². The van der Waals surface area contributed by atoms with Crippen molar-refractivity contribution in [3.8, 4) is 5.75 Å². The Hall–Kier alpha value is -2.86. The zero-order valence-electron chi connectivity index (χ0n) is 17.8. The standard InChI is InChI=1S/C24H28N2O4/c1-16-8-9-21(29-3)20(12-16)26-14-18(13-23(26)27)24(28)25-10-11-30-22(15-25)19-7-5-4-6-17(19)2/h4-9,12,18,22H,10-11,13-15H2,1-3H3/t18-,22+/m1/s1. The van der Waals surface area contributed by atoms with E-state index in [-0.39, 0.29) is 30.3 Å². The number of hydrogen-bond donors (Lipinski definition) is 0. The maximum atomic E-state index is 13.3. The van der Waals surface area contributed by atoms with E-state index in [9.17, 15) is 9.59 Å². The van der Waals surface area contributed by atoms with Crippen LogP contribution in [-0.2, 0) is 14.3 Å². The van der Waals surface area contributed by atoms with Gasteiger partial charge in [0.25, 0.3) is 0 Å². The number of amides is 2. The molecule has 158 valence electrons. The molecule has 4 rings (SSSR count). The number of carbonyl (C=O) groups is 2. The normalized spacial score (nSPS) is 21.8. The van der Waals surface area contributed by atoms with Crippen LogP contribution in [0.1, 0.15) is 29.2 Å². The fraction of sp³-hybridized carbons (Fsp3) is 0.417. The molecule has 0 N–H and O–H groups in total. The molecule has 2 amide bonds. The molecule has 0 radical (unpaired) electrons. The minimum atomic E-state index is -0.349. The third-order valence-electron chi connectivity index (χ3n) is 6.01. The third-order valence-corrected chi connectivity index (χ3v) is 6.01. The number of morpholine rings is 1. The Labute approximate surface area is 177 Å². The van der Waals surface area contributed by atoms with Crippen LogP contribution in [0, 0.1) is 19.8 Å². The number of rotatable bonds is 4. The molecule has 2 aliphatic rings. The predicted octanol–water partition coefficient (Wildman–Crippen LogP) is 3.27. The molecule has 2 saturated heterocycles. The molecule has 2 aromatic carbocycles. The third kappa shape index (κ3) is 3.92. The Morgan fingerprint density at radius 3 is 2.70 bits per heavy atom. The number of anilines is 1. The summed E-state index contributed by atoms with van der Waals surface area (Å²) in [5.74, 6) is 0.284. The molecule has 0 saturated carbocycles. The van der Waals surface area contributed by atoms with Gasteiger partial charge in [-0.25, -0.2) is 0 Å². The maximum absolute atomic E-state index is 13.3. The number of hydrogen-bond acceptors (Lipinski definition) is 4. The van der Waals surface area contributed by atoms with E-state index in [2.05, 4.69) is 19.1 Å². The van der Waals surface area contributed by atoms with Crippen LogP contribution in [-0.4, -0.2) is 50.1 Å². The highest BCUT2D eigenvalue weighted by Crippen LogP contribution is 2.35. The molecule has 0 aromatic heterocycles. The van der Waals surface area contributed by atoms with Crippen LogP contribution in [0.15, 0.2) is 42.5 Å². The SMILES string of the molecule is COc1ccc(C)cc1N1C[C@H](C(=O)N2CCO[C@H](c3ccccc3C)C2)CC1=O. The van der Waals surface area contributed by atoms with Crippen molar-refractivity contribution in [3.05, 3.63) is 59.2 Å². The van der Waals surface area contributed by atoms with Crippen molar-refractivity contribution in [2.75, 3.05) is 38.3 Å². The lowest BCUT2D eigenvalue weighted by molar-refractivity contribution is -0.143. The smallest absolute Gasteiger partial charge is 0.228 e. The second kappa shape index (κ2) is 8.48. The summed E-state index contributed by atoms with van der Waals surface area (Å²) >= 11 is 0. The molecule has 6 nitrogen and oxygen atoms in total. The van der Waals surface area contributed by atoms with E-state index in [0.29, 0.717) is 32.0 Å². The van der Waals surface area contributed by atoms with Gasteiger partial charge in [-0.05, 0) is 42.7 Å². The van der Waals surface area contributed by atoms with Gasteiger partial charge in [0.05, 0.1) is 31.9 Å². The summed E-state index contributed by atoms with van der Waals surface area (Å²) in [4.78, 5) is 29.6. The molecular weight excluding hydrogens is 380 g/mol. The second-order valence-corrected chi connectivity index (χ2v) is 8.08. The highest BCUT2D eigenvalue weighted by atomic mass is 16.5. The molecule has 0 unspecified atom stereocenters. The van der Waals surface area contributed by atoms with Crippen molar-refractivity contribution < 1.29 is 19.1 Å². The van der Waals surface area contributed by atoms with E-state index in [1.807, 2.05) is 42.2 Å². The molecule has 30 heavy (non-hydrogen) atoms. The lowest BCUT2D eigenvalue weighted by atomic mass is 10.0. The van der Waals surface area contributed by atoms with E-state index in [1.165, 1.54) is 0 Å². The van der Waals surface area contributed by atoms with Crippen molar-refractivity contribution in [1.82, 2.24) is 4.90 Å². The lowest BCUT2D eigenvalue weighted by Gasteiger charge is -2.35. The first-order chi connectivity index (χ1) is 14.5. The summed E-state index contributed by atoms with van der Waals surface area (Å²) in [6.07, 6.45) is 0.0939. The Morgan fingerprint density at radius 2 is 1.93 bits per heavy atom. The van der Waals surface area contributed by atoms with Crippen molar-refractivity contribution in [2.24, 2.45) is 5.92 Å². The van der Waals surface area contributed by atoms with Crippen LogP contribution in [0.2, 0.25) is 0 Å². The summed E-state index contributed by atoms with van der Waals surface area (Å²) < 4.78 is 11.4. The van der Waals surface area contributed by atoms with Gasteiger partial charge in [0.15, 0.2) is 0 Å². The Morgan fingerprint density at radius 1 is 1.13 bits per heavy atom. The van der Waals surface area contributed by atoms with Gasteiger partial charge in [-0.15, -0.1) is 0 Å². The summed E-state index contributed by atoms with van der Waals surface area (Å²) in [5.41, 5.74) is 4.05. The van der Waals surface area contributed by atoms with Gasteiger partial charge in [-0.2, -0.15) is 0 Å². The number of benzene rings is 2. The molecule has 6 heteroatoms. The van der Waals surface area contributed by atoms with Crippen LogP contribution in [0.4, 0.5) is 5.69 Å². The monoisotopic (exact) mass is 408 g/mol. The Bertz CT molecular complexity index is 958. The molecule has 2 aromatic rings. The first-order valence-corrected chi connectivity index (χ1v) is 10.4. The number of aryl methyl sites for hydroxylation is 2. The summed E-state index contributed by atoms with van der Waals surface area (Å²) in [7, 11) is 1.59. The second-order valence-electron chi connectivity index (χ2n) is 8.08. The van der Waals surface area contributed by atoms with Crippen molar-refractivity contribution in [2.45, 2.75) is 26.4 Å². The minimum Gasteiger partial charge on any atom is -0.495 e. The van der Waals surface area contributed by atoms with Gasteiger partial charge in [0.2, 0.25) is 11.8 Å². The zero-order valence-corrected chi connectivity index (χ0v) is 17.8. The number of ether oxygens (including phenoxy) is 2. The summed E-state index contributed by atoms with van der Waals surface area (Å²) in [6.45, 7) is 5.99. The van der Waals surface area contributed by atoms with Crippen LogP contribution in [0.5, 0.6) is 5.75 Å². The Balaban J connectivity index is 1.49. The van der Waals surface area contributed by atoms with Crippen molar-refractivity contribution >= 4 is 17.5 Å². The topological polar surface area (TPSA) is 59.1 Å². The van der Waals surface area contributed by atoms with Gasteiger partial charge in [0.1, 0.15) is 11.9 Å². The maximum Gasteiger partial charge on any atom is 0.228 e. The van der Waals surface area contributed by atoms with E-state index < -0.39 is 0 Å². The molecule has 0 spiro atoms. The van der Waals surface area contributed by atoms with E-state index in [4.69, 9.17) is 9.47 Å². The fourth-order valence-electron chi connectivity index (χ4n) is 4.36. The molecule has 0 bridgehead atoms.